The molecule has 2 rings (SSSR count). The molecule has 122 valence electrons. The number of alkyl carbamates (subject to hydrolysis) is 1. The molecule has 1 heterocycles. The number of nitrogens with zero attached hydrogens (tertiary/aromatic N) is 1. The summed E-state index contributed by atoms with van der Waals surface area (Å²) in [5.41, 5.74) is 0.721. The maximum atomic E-state index is 11.9. The fourth-order valence-corrected chi connectivity index (χ4v) is 2.74. The van der Waals surface area contributed by atoms with Gasteiger partial charge in [0.1, 0.15) is 5.60 Å². The van der Waals surface area contributed by atoms with Gasteiger partial charge in [-0.3, -0.25) is 4.90 Å². The van der Waals surface area contributed by atoms with Gasteiger partial charge in [-0.15, -0.1) is 0 Å². The zero-order chi connectivity index (χ0) is 16.2. The largest absolute Gasteiger partial charge is 0.444 e. The lowest BCUT2D eigenvalue weighted by Gasteiger charge is -2.23. The molecule has 5 nitrogen and oxygen atoms in total. The lowest BCUT2D eigenvalue weighted by atomic mass is 10.1. The van der Waals surface area contributed by atoms with Gasteiger partial charge < -0.3 is 15.2 Å². The highest BCUT2D eigenvalue weighted by Gasteiger charge is 2.34. The van der Waals surface area contributed by atoms with Crippen LogP contribution in [-0.4, -0.2) is 47.4 Å². The van der Waals surface area contributed by atoms with Crippen LogP contribution in [0.2, 0.25) is 0 Å². The minimum Gasteiger partial charge on any atom is -0.444 e. The Kier molecular flexibility index (Phi) is 5.42. The Morgan fingerprint density at radius 1 is 1.32 bits per heavy atom. The normalized spacial score (nSPS) is 22.5. The average molecular weight is 306 g/mol. The van der Waals surface area contributed by atoms with Crippen LogP contribution >= 0.6 is 0 Å². The topological polar surface area (TPSA) is 61.8 Å². The van der Waals surface area contributed by atoms with E-state index in [0.717, 1.165) is 19.6 Å². The lowest BCUT2D eigenvalue weighted by Crippen LogP contribution is -2.44. The Labute approximate surface area is 132 Å². The van der Waals surface area contributed by atoms with Gasteiger partial charge in [0.15, 0.2) is 0 Å². The second-order valence-electron chi connectivity index (χ2n) is 6.88. The van der Waals surface area contributed by atoms with Gasteiger partial charge in [-0.2, -0.15) is 0 Å². The molecule has 1 aliphatic rings. The number of ether oxygens (including phenoxy) is 1. The average Bonchev–Trinajstić information content (AvgIpc) is 2.79. The van der Waals surface area contributed by atoms with Gasteiger partial charge >= 0.3 is 6.09 Å². The van der Waals surface area contributed by atoms with Crippen molar-refractivity contribution in [2.75, 3.05) is 19.7 Å². The highest BCUT2D eigenvalue weighted by Crippen LogP contribution is 2.19. The van der Waals surface area contributed by atoms with E-state index >= 15 is 0 Å². The smallest absolute Gasteiger partial charge is 0.407 e. The highest BCUT2D eigenvalue weighted by atomic mass is 16.6. The molecule has 0 aliphatic carbocycles. The van der Waals surface area contributed by atoms with Crippen LogP contribution < -0.4 is 5.32 Å². The molecule has 1 aromatic rings. The molecular formula is C17H26N2O3. The predicted octanol–water partition coefficient (Wildman–Crippen LogP) is 2.00. The minimum absolute atomic E-state index is 0.0382. The summed E-state index contributed by atoms with van der Waals surface area (Å²) >= 11 is 0. The Hall–Kier alpha value is -1.59. The number of hydrogen-bond donors (Lipinski definition) is 2. The van der Waals surface area contributed by atoms with Crippen molar-refractivity contribution in [1.29, 1.82) is 0 Å². The first-order valence-corrected chi connectivity index (χ1v) is 7.74. The third-order valence-electron chi connectivity index (χ3n) is 3.70. The highest BCUT2D eigenvalue weighted by molar-refractivity contribution is 5.68. The molecule has 0 bridgehead atoms. The number of carbonyl (C=O) groups excluding carboxylic acids is 1. The number of amides is 1. The molecule has 22 heavy (non-hydrogen) atoms. The van der Waals surface area contributed by atoms with Crippen LogP contribution in [-0.2, 0) is 11.3 Å². The fraction of sp³-hybridized carbons (Fsp3) is 0.588. The maximum absolute atomic E-state index is 11.9. The summed E-state index contributed by atoms with van der Waals surface area (Å²) in [6.07, 6.45) is -0.419. The number of aliphatic hydroxyl groups is 1. The Morgan fingerprint density at radius 3 is 2.59 bits per heavy atom. The summed E-state index contributed by atoms with van der Waals surface area (Å²) in [4.78, 5) is 14.2. The van der Waals surface area contributed by atoms with Crippen LogP contribution in [0.4, 0.5) is 4.79 Å². The molecule has 0 saturated carbocycles. The summed E-state index contributed by atoms with van der Waals surface area (Å²) in [7, 11) is 0. The fourth-order valence-electron chi connectivity index (χ4n) is 2.74. The van der Waals surface area contributed by atoms with Gasteiger partial charge in [0, 0.05) is 32.2 Å². The molecule has 2 atom stereocenters. The first kappa shape index (κ1) is 16.8. The number of aliphatic hydroxyl groups excluding tert-OH is 1. The van der Waals surface area contributed by atoms with Gasteiger partial charge in [0.25, 0.3) is 0 Å². The van der Waals surface area contributed by atoms with Gasteiger partial charge in [-0.1, -0.05) is 30.3 Å². The molecule has 1 aromatic carbocycles. The number of rotatable bonds is 4. The quantitative estimate of drug-likeness (QED) is 0.893. The number of hydrogen-bond acceptors (Lipinski definition) is 4. The number of likely N-dealkylation sites (tertiary alicyclic amines) is 1. The molecule has 5 heteroatoms. The zero-order valence-electron chi connectivity index (χ0n) is 13.6. The second-order valence-corrected chi connectivity index (χ2v) is 6.88. The predicted molar refractivity (Wildman–Crippen MR) is 85.5 cm³/mol. The summed E-state index contributed by atoms with van der Waals surface area (Å²) in [6, 6.07) is 10.1. The summed E-state index contributed by atoms with van der Waals surface area (Å²) in [5.74, 6) is 0.0382. The van der Waals surface area contributed by atoms with Crippen LogP contribution in [0.25, 0.3) is 0 Å². The molecule has 1 aliphatic heterocycles. The van der Waals surface area contributed by atoms with Gasteiger partial charge in [-0.25, -0.2) is 4.79 Å². The Balaban J connectivity index is 1.90. The van der Waals surface area contributed by atoms with Crippen molar-refractivity contribution >= 4 is 6.09 Å². The van der Waals surface area contributed by atoms with E-state index in [4.69, 9.17) is 4.74 Å². The van der Waals surface area contributed by atoms with Crippen molar-refractivity contribution < 1.29 is 14.6 Å². The minimum atomic E-state index is -0.513. The van der Waals surface area contributed by atoms with Crippen molar-refractivity contribution in [3.63, 3.8) is 0 Å². The second kappa shape index (κ2) is 7.11. The molecule has 1 saturated heterocycles. The van der Waals surface area contributed by atoms with Gasteiger partial charge in [0.2, 0.25) is 0 Å². The third kappa shape index (κ3) is 5.00. The standard InChI is InChI=1S/C17H26N2O3/c1-17(2,3)22-16(21)18-15-11-19(10-14(15)12-20)9-13-7-5-4-6-8-13/h4-8,14-15,20H,9-12H2,1-3H3,(H,18,21). The van der Waals surface area contributed by atoms with E-state index in [0.29, 0.717) is 0 Å². The summed E-state index contributed by atoms with van der Waals surface area (Å²) in [6.45, 7) is 7.90. The van der Waals surface area contributed by atoms with Crippen LogP contribution in [0, 0.1) is 5.92 Å². The van der Waals surface area contributed by atoms with E-state index in [-0.39, 0.29) is 18.6 Å². The molecule has 1 fully saturated rings. The van der Waals surface area contributed by atoms with E-state index in [9.17, 15) is 9.90 Å². The van der Waals surface area contributed by atoms with E-state index in [1.54, 1.807) is 0 Å². The van der Waals surface area contributed by atoms with Crippen molar-refractivity contribution in [3.8, 4) is 0 Å². The SMILES string of the molecule is CC(C)(C)OC(=O)NC1CN(Cc2ccccc2)CC1CO. The number of carbonyl (C=O) groups is 1. The summed E-state index contributed by atoms with van der Waals surface area (Å²) < 4.78 is 5.30. The first-order valence-electron chi connectivity index (χ1n) is 7.74. The first-order chi connectivity index (χ1) is 10.4. The van der Waals surface area contributed by atoms with E-state index in [2.05, 4.69) is 22.3 Å². The molecular weight excluding hydrogens is 280 g/mol. The van der Waals surface area contributed by atoms with Crippen LogP contribution in [0.5, 0.6) is 0 Å². The summed E-state index contributed by atoms with van der Waals surface area (Å²) in [5, 5.41) is 12.4. The Bertz CT molecular complexity index is 484. The van der Waals surface area contributed by atoms with Crippen LogP contribution in [0.3, 0.4) is 0 Å². The van der Waals surface area contributed by atoms with E-state index < -0.39 is 11.7 Å². The molecule has 0 spiro atoms. The third-order valence-corrected chi connectivity index (χ3v) is 3.70. The van der Waals surface area contributed by atoms with E-state index in [1.807, 2.05) is 39.0 Å². The molecule has 2 N–H and O–H groups in total. The van der Waals surface area contributed by atoms with Crippen molar-refractivity contribution in [1.82, 2.24) is 10.2 Å². The Morgan fingerprint density at radius 2 is 2.00 bits per heavy atom. The van der Waals surface area contributed by atoms with E-state index in [1.165, 1.54) is 5.56 Å². The molecule has 2 unspecified atom stereocenters. The zero-order valence-corrected chi connectivity index (χ0v) is 13.6. The lowest BCUT2D eigenvalue weighted by molar-refractivity contribution is 0.0487. The number of benzene rings is 1. The van der Waals surface area contributed by atoms with Crippen LogP contribution in [0.15, 0.2) is 30.3 Å². The number of nitrogens with one attached hydrogen (secondary N) is 1. The monoisotopic (exact) mass is 306 g/mol. The van der Waals surface area contributed by atoms with Gasteiger partial charge in [0.05, 0.1) is 6.04 Å². The van der Waals surface area contributed by atoms with Gasteiger partial charge in [-0.05, 0) is 26.3 Å². The van der Waals surface area contributed by atoms with Crippen LogP contribution in [0.1, 0.15) is 26.3 Å². The molecule has 0 aromatic heterocycles. The van der Waals surface area contributed by atoms with Crippen molar-refractivity contribution in [2.24, 2.45) is 5.92 Å². The van der Waals surface area contributed by atoms with Crippen molar-refractivity contribution in [2.45, 2.75) is 39.0 Å². The molecule has 1 amide bonds. The maximum Gasteiger partial charge on any atom is 0.407 e. The molecule has 0 radical (unpaired) electrons. The van der Waals surface area contributed by atoms with Crippen molar-refractivity contribution in [3.05, 3.63) is 35.9 Å².